The van der Waals surface area contributed by atoms with E-state index in [4.69, 9.17) is 14.2 Å². The van der Waals surface area contributed by atoms with Crippen LogP contribution in [0, 0.1) is 0 Å². The van der Waals surface area contributed by atoms with E-state index in [9.17, 15) is 9.59 Å². The number of esters is 1. The monoisotopic (exact) mass is 351 g/mol. The SMILES string of the molecule is CCC1SCC(C(=O)OC(C)C)N1C(=O)c1ccc2c(c1)OCO2. The summed E-state index contributed by atoms with van der Waals surface area (Å²) < 4.78 is 15.9. The smallest absolute Gasteiger partial charge is 0.330 e. The van der Waals surface area contributed by atoms with Crippen LogP contribution in [0.25, 0.3) is 0 Å². The van der Waals surface area contributed by atoms with Crippen LogP contribution in [0.15, 0.2) is 18.2 Å². The minimum Gasteiger partial charge on any atom is -0.461 e. The average Bonchev–Trinajstić information content (AvgIpc) is 3.18. The molecule has 0 radical (unpaired) electrons. The third kappa shape index (κ3) is 3.17. The standard InChI is InChI=1S/C17H21NO5S/c1-4-15-18(12(8-24-15)17(20)23-10(2)3)16(19)11-5-6-13-14(7-11)22-9-21-13/h5-7,10,12,15H,4,8-9H2,1-3H3. The van der Waals surface area contributed by atoms with E-state index in [-0.39, 0.29) is 30.1 Å². The van der Waals surface area contributed by atoms with Crippen LogP contribution < -0.4 is 9.47 Å². The molecule has 0 aliphatic carbocycles. The third-order valence-corrected chi connectivity index (χ3v) is 5.37. The van der Waals surface area contributed by atoms with Crippen LogP contribution >= 0.6 is 11.8 Å². The maximum Gasteiger partial charge on any atom is 0.330 e. The first-order chi connectivity index (χ1) is 11.5. The van der Waals surface area contributed by atoms with E-state index in [1.54, 1.807) is 48.7 Å². The van der Waals surface area contributed by atoms with Crippen molar-refractivity contribution in [1.29, 1.82) is 0 Å². The molecule has 1 fully saturated rings. The van der Waals surface area contributed by atoms with Crippen molar-refractivity contribution in [3.05, 3.63) is 23.8 Å². The first-order valence-electron chi connectivity index (χ1n) is 8.05. The Hall–Kier alpha value is -1.89. The van der Waals surface area contributed by atoms with Gasteiger partial charge in [0.1, 0.15) is 6.04 Å². The lowest BCUT2D eigenvalue weighted by molar-refractivity contribution is -0.151. The van der Waals surface area contributed by atoms with E-state index in [0.29, 0.717) is 22.8 Å². The average molecular weight is 351 g/mol. The summed E-state index contributed by atoms with van der Waals surface area (Å²) >= 11 is 1.61. The van der Waals surface area contributed by atoms with Crippen LogP contribution in [0.2, 0.25) is 0 Å². The fraction of sp³-hybridized carbons (Fsp3) is 0.529. The Morgan fingerprint density at radius 2 is 2.08 bits per heavy atom. The van der Waals surface area contributed by atoms with Crippen LogP contribution in [0.5, 0.6) is 11.5 Å². The van der Waals surface area contributed by atoms with Crippen molar-refractivity contribution in [2.75, 3.05) is 12.5 Å². The molecular weight excluding hydrogens is 330 g/mol. The molecule has 7 heteroatoms. The van der Waals surface area contributed by atoms with Gasteiger partial charge in [0.05, 0.1) is 11.5 Å². The predicted octanol–water partition coefficient (Wildman–Crippen LogP) is 2.66. The number of hydrogen-bond donors (Lipinski definition) is 0. The second-order valence-corrected chi connectivity index (χ2v) is 7.19. The third-order valence-electron chi connectivity index (χ3n) is 3.92. The number of amides is 1. The van der Waals surface area contributed by atoms with Gasteiger partial charge in [-0.3, -0.25) is 4.79 Å². The fourth-order valence-corrected chi connectivity index (χ4v) is 4.16. The van der Waals surface area contributed by atoms with E-state index in [1.807, 2.05) is 6.92 Å². The molecule has 130 valence electrons. The highest BCUT2D eigenvalue weighted by atomic mass is 32.2. The van der Waals surface area contributed by atoms with E-state index < -0.39 is 6.04 Å². The van der Waals surface area contributed by atoms with Crippen molar-refractivity contribution >= 4 is 23.6 Å². The number of carbonyl (C=O) groups is 2. The largest absolute Gasteiger partial charge is 0.461 e. The summed E-state index contributed by atoms with van der Waals surface area (Å²) in [6.07, 6.45) is 0.567. The van der Waals surface area contributed by atoms with Crippen molar-refractivity contribution in [1.82, 2.24) is 4.90 Å². The molecule has 2 aliphatic rings. The molecule has 2 heterocycles. The van der Waals surface area contributed by atoms with Gasteiger partial charge in [0.25, 0.3) is 5.91 Å². The van der Waals surface area contributed by atoms with Crippen molar-refractivity contribution in [2.45, 2.75) is 44.7 Å². The Kier molecular flexibility index (Phi) is 4.89. The van der Waals surface area contributed by atoms with Crippen LogP contribution in [0.3, 0.4) is 0 Å². The molecule has 1 aromatic rings. The van der Waals surface area contributed by atoms with Gasteiger partial charge in [-0.05, 0) is 38.5 Å². The van der Waals surface area contributed by atoms with Gasteiger partial charge in [0, 0.05) is 11.3 Å². The highest BCUT2D eigenvalue weighted by Gasteiger charge is 2.42. The number of thioether (sulfide) groups is 1. The number of carbonyl (C=O) groups excluding carboxylic acids is 2. The maximum absolute atomic E-state index is 13.0. The van der Waals surface area contributed by atoms with E-state index >= 15 is 0 Å². The second kappa shape index (κ2) is 6.93. The summed E-state index contributed by atoms with van der Waals surface area (Å²) in [5, 5.41) is -0.0346. The summed E-state index contributed by atoms with van der Waals surface area (Å²) in [6.45, 7) is 5.78. The molecule has 24 heavy (non-hydrogen) atoms. The summed E-state index contributed by atoms with van der Waals surface area (Å²) in [6, 6.07) is 4.54. The zero-order chi connectivity index (χ0) is 17.3. The van der Waals surface area contributed by atoms with Crippen molar-refractivity contribution in [3.63, 3.8) is 0 Å². The van der Waals surface area contributed by atoms with Crippen LogP contribution in [-0.4, -0.2) is 46.8 Å². The molecule has 0 bridgehead atoms. The van der Waals surface area contributed by atoms with E-state index in [2.05, 4.69) is 0 Å². The zero-order valence-corrected chi connectivity index (χ0v) is 14.8. The van der Waals surface area contributed by atoms with Gasteiger partial charge < -0.3 is 19.1 Å². The molecule has 6 nitrogen and oxygen atoms in total. The first kappa shape index (κ1) is 17.0. The van der Waals surface area contributed by atoms with Gasteiger partial charge in [-0.1, -0.05) is 6.92 Å². The van der Waals surface area contributed by atoms with Gasteiger partial charge in [0.2, 0.25) is 6.79 Å². The quantitative estimate of drug-likeness (QED) is 0.777. The molecular formula is C17H21NO5S. The van der Waals surface area contributed by atoms with E-state index in [1.165, 1.54) is 0 Å². The zero-order valence-electron chi connectivity index (χ0n) is 14.0. The molecule has 1 aromatic carbocycles. The molecule has 2 aliphatic heterocycles. The minimum absolute atomic E-state index is 0.0346. The summed E-state index contributed by atoms with van der Waals surface area (Å²) in [4.78, 5) is 27.0. The molecule has 0 saturated carbocycles. The highest BCUT2D eigenvalue weighted by Crippen LogP contribution is 2.36. The van der Waals surface area contributed by atoms with Crippen molar-refractivity contribution in [2.24, 2.45) is 0 Å². The second-order valence-electron chi connectivity index (χ2n) is 5.98. The molecule has 2 atom stereocenters. The van der Waals surface area contributed by atoms with Gasteiger partial charge >= 0.3 is 5.97 Å². The van der Waals surface area contributed by atoms with Crippen LogP contribution in [0.1, 0.15) is 37.6 Å². The maximum atomic E-state index is 13.0. The lowest BCUT2D eigenvalue weighted by atomic mass is 10.1. The molecule has 3 rings (SSSR count). The summed E-state index contributed by atoms with van der Waals surface area (Å²) in [5.41, 5.74) is 0.488. The van der Waals surface area contributed by atoms with Crippen LogP contribution in [0.4, 0.5) is 0 Å². The molecule has 1 saturated heterocycles. The molecule has 1 amide bonds. The highest BCUT2D eigenvalue weighted by molar-refractivity contribution is 8.00. The number of hydrogen-bond acceptors (Lipinski definition) is 6. The van der Waals surface area contributed by atoms with Crippen molar-refractivity contribution < 1.29 is 23.8 Å². The number of nitrogens with zero attached hydrogens (tertiary/aromatic N) is 1. The Morgan fingerprint density at radius 1 is 1.33 bits per heavy atom. The van der Waals surface area contributed by atoms with Gasteiger partial charge in [-0.15, -0.1) is 11.8 Å². The Balaban J connectivity index is 1.85. The van der Waals surface area contributed by atoms with Crippen LogP contribution in [-0.2, 0) is 9.53 Å². The van der Waals surface area contributed by atoms with Gasteiger partial charge in [0.15, 0.2) is 11.5 Å². The molecule has 0 aromatic heterocycles. The summed E-state index contributed by atoms with van der Waals surface area (Å²) in [7, 11) is 0. The Labute approximate surface area is 145 Å². The number of ether oxygens (including phenoxy) is 3. The van der Waals surface area contributed by atoms with E-state index in [0.717, 1.165) is 6.42 Å². The minimum atomic E-state index is -0.555. The van der Waals surface area contributed by atoms with Gasteiger partial charge in [-0.25, -0.2) is 4.79 Å². The topological polar surface area (TPSA) is 65.1 Å². The first-order valence-corrected chi connectivity index (χ1v) is 9.10. The lowest BCUT2D eigenvalue weighted by Crippen LogP contribution is -2.46. The molecule has 0 N–H and O–H groups in total. The number of benzene rings is 1. The van der Waals surface area contributed by atoms with Gasteiger partial charge in [-0.2, -0.15) is 0 Å². The Bertz CT molecular complexity index is 648. The number of rotatable bonds is 4. The molecule has 0 spiro atoms. The predicted molar refractivity (Wildman–Crippen MR) is 90.3 cm³/mol. The summed E-state index contributed by atoms with van der Waals surface area (Å²) in [5.74, 6) is 1.21. The fourth-order valence-electron chi connectivity index (χ4n) is 2.82. The van der Waals surface area contributed by atoms with Crippen molar-refractivity contribution in [3.8, 4) is 11.5 Å². The normalized spacial score (nSPS) is 22.1. The number of fused-ring (bicyclic) bond motifs is 1. The Morgan fingerprint density at radius 3 is 2.79 bits per heavy atom. The molecule has 2 unspecified atom stereocenters. The lowest BCUT2D eigenvalue weighted by Gasteiger charge is -2.28.